The summed E-state index contributed by atoms with van der Waals surface area (Å²) in [4.78, 5) is 13.8. The molecule has 0 unspecified atom stereocenters. The molecule has 0 aliphatic carbocycles. The largest absolute Gasteiger partial charge is 0.497 e. The van der Waals surface area contributed by atoms with Crippen LogP contribution in [0.15, 0.2) is 24.3 Å². The van der Waals surface area contributed by atoms with Crippen LogP contribution in [-0.4, -0.2) is 18.4 Å². The Kier molecular flexibility index (Phi) is 1.97. The predicted octanol–water partition coefficient (Wildman–Crippen LogP) is 3.20. The molecule has 0 spiro atoms. The first-order valence-corrected chi connectivity index (χ1v) is 5.68. The van der Waals surface area contributed by atoms with Crippen molar-refractivity contribution in [3.05, 3.63) is 30.0 Å². The third-order valence-electron chi connectivity index (χ3n) is 2.61. The van der Waals surface area contributed by atoms with Crippen molar-refractivity contribution in [1.82, 2.24) is 4.98 Å². The number of H-pyrrole nitrogens is 1. The van der Waals surface area contributed by atoms with Crippen molar-refractivity contribution >= 4 is 37.9 Å². The minimum absolute atomic E-state index is 0.617. The Morgan fingerprint density at radius 2 is 2.19 bits per heavy atom. The van der Waals surface area contributed by atoms with E-state index in [9.17, 15) is 4.79 Å². The molecule has 3 nitrogen and oxygen atoms in total. The van der Waals surface area contributed by atoms with Crippen molar-refractivity contribution in [3.63, 3.8) is 0 Å². The minimum atomic E-state index is 0.617. The third-order valence-corrected chi connectivity index (χ3v) is 3.72. The highest BCUT2D eigenvalue weighted by Gasteiger charge is 2.09. The third kappa shape index (κ3) is 1.23. The molecule has 0 fully saturated rings. The molecule has 16 heavy (non-hydrogen) atoms. The van der Waals surface area contributed by atoms with Crippen molar-refractivity contribution in [3.8, 4) is 5.75 Å². The number of carbonyl (C=O) groups is 1. The van der Waals surface area contributed by atoms with Gasteiger partial charge in [-0.25, -0.2) is 0 Å². The molecule has 0 bridgehead atoms. The van der Waals surface area contributed by atoms with Crippen molar-refractivity contribution in [2.45, 2.75) is 0 Å². The van der Waals surface area contributed by atoms with Crippen LogP contribution in [0.2, 0.25) is 0 Å². The number of methoxy groups -OCH3 is 1. The fraction of sp³-hybridized carbons (Fsp3) is 0.0833. The zero-order valence-electron chi connectivity index (χ0n) is 8.61. The zero-order valence-corrected chi connectivity index (χ0v) is 9.43. The van der Waals surface area contributed by atoms with Gasteiger partial charge in [-0.1, -0.05) is 0 Å². The van der Waals surface area contributed by atoms with E-state index in [4.69, 9.17) is 4.74 Å². The number of rotatable bonds is 2. The van der Waals surface area contributed by atoms with Crippen LogP contribution in [0.5, 0.6) is 5.75 Å². The van der Waals surface area contributed by atoms with Gasteiger partial charge in [-0.2, -0.15) is 0 Å². The molecule has 0 atom stereocenters. The van der Waals surface area contributed by atoms with Crippen LogP contribution >= 0.6 is 11.3 Å². The summed E-state index contributed by atoms with van der Waals surface area (Å²) in [5.74, 6) is 0.828. The quantitative estimate of drug-likeness (QED) is 0.688. The highest BCUT2D eigenvalue weighted by atomic mass is 32.1. The second-order valence-corrected chi connectivity index (χ2v) is 4.63. The summed E-state index contributed by atoms with van der Waals surface area (Å²) in [7, 11) is 1.65. The second kappa shape index (κ2) is 3.35. The Morgan fingerprint density at radius 3 is 2.94 bits per heavy atom. The lowest BCUT2D eigenvalue weighted by atomic mass is 10.2. The van der Waals surface area contributed by atoms with E-state index < -0.39 is 0 Å². The van der Waals surface area contributed by atoms with Crippen LogP contribution in [0.4, 0.5) is 0 Å². The van der Waals surface area contributed by atoms with Crippen LogP contribution in [0.3, 0.4) is 0 Å². The van der Waals surface area contributed by atoms with Crippen LogP contribution in [0.25, 0.3) is 20.3 Å². The summed E-state index contributed by atoms with van der Waals surface area (Å²) < 4.78 is 7.49. The van der Waals surface area contributed by atoms with Gasteiger partial charge in [0.05, 0.1) is 23.0 Å². The van der Waals surface area contributed by atoms with E-state index in [1.54, 1.807) is 18.4 Å². The highest BCUT2D eigenvalue weighted by Crippen LogP contribution is 2.35. The predicted molar refractivity (Wildman–Crippen MR) is 65.6 cm³/mol. The number of aldehydes is 1. The average molecular weight is 231 g/mol. The minimum Gasteiger partial charge on any atom is -0.497 e. The Balaban J connectivity index is 2.38. The molecule has 2 heterocycles. The lowest BCUT2D eigenvalue weighted by molar-refractivity contribution is 0.112. The van der Waals surface area contributed by atoms with Crippen LogP contribution in [0.1, 0.15) is 10.5 Å². The maximum absolute atomic E-state index is 10.7. The number of ether oxygens (including phenoxy) is 1. The fourth-order valence-electron chi connectivity index (χ4n) is 1.84. The van der Waals surface area contributed by atoms with E-state index in [-0.39, 0.29) is 0 Å². The summed E-state index contributed by atoms with van der Waals surface area (Å²) in [6.45, 7) is 0. The zero-order chi connectivity index (χ0) is 11.1. The Hall–Kier alpha value is -1.81. The number of fused-ring (bicyclic) bond motifs is 3. The maximum Gasteiger partial charge on any atom is 0.166 e. The molecule has 0 saturated carbocycles. The monoisotopic (exact) mass is 231 g/mol. The van der Waals surface area contributed by atoms with Crippen molar-refractivity contribution in [2.75, 3.05) is 7.11 Å². The summed E-state index contributed by atoms with van der Waals surface area (Å²) in [6, 6.07) is 7.84. The first-order chi connectivity index (χ1) is 7.81. The number of carbonyl (C=O) groups excluding carboxylic acids is 1. The standard InChI is InChI=1S/C12H9NO2S/c1-15-8-2-3-10-9(5-8)12-11(16-10)4-7(6-14)13-12/h2-6,13H,1H3. The highest BCUT2D eigenvalue weighted by molar-refractivity contribution is 7.25. The van der Waals surface area contributed by atoms with Gasteiger partial charge in [0, 0.05) is 10.1 Å². The molecule has 3 rings (SSSR count). The average Bonchev–Trinajstić information content (AvgIpc) is 2.85. The number of thiophene rings is 1. The van der Waals surface area contributed by atoms with Crippen molar-refractivity contribution in [2.24, 2.45) is 0 Å². The summed E-state index contributed by atoms with van der Waals surface area (Å²) >= 11 is 1.67. The van der Waals surface area contributed by atoms with Gasteiger partial charge in [0.25, 0.3) is 0 Å². The SMILES string of the molecule is COc1ccc2sc3cc(C=O)[nH]c3c2c1. The van der Waals surface area contributed by atoms with Crippen LogP contribution in [-0.2, 0) is 0 Å². The van der Waals surface area contributed by atoms with Crippen molar-refractivity contribution < 1.29 is 9.53 Å². The molecule has 0 aliphatic rings. The van der Waals surface area contributed by atoms with E-state index in [2.05, 4.69) is 4.98 Å². The molecule has 0 radical (unpaired) electrons. The van der Waals surface area contributed by atoms with E-state index >= 15 is 0 Å². The Morgan fingerprint density at radius 1 is 1.31 bits per heavy atom. The first-order valence-electron chi connectivity index (χ1n) is 4.86. The van der Waals surface area contributed by atoms with Gasteiger partial charge in [-0.3, -0.25) is 4.79 Å². The van der Waals surface area contributed by atoms with Gasteiger partial charge in [0.15, 0.2) is 6.29 Å². The normalized spacial score (nSPS) is 11.1. The molecule has 80 valence electrons. The van der Waals surface area contributed by atoms with Crippen LogP contribution in [0, 0.1) is 0 Å². The molecular formula is C12H9NO2S. The number of nitrogens with one attached hydrogen (secondary N) is 1. The smallest absolute Gasteiger partial charge is 0.166 e. The van der Waals surface area contributed by atoms with Gasteiger partial charge in [0.1, 0.15) is 5.75 Å². The molecule has 3 aromatic rings. The van der Waals surface area contributed by atoms with Gasteiger partial charge in [-0.05, 0) is 24.3 Å². The molecule has 0 amide bonds. The Bertz CT molecular complexity index is 681. The van der Waals surface area contributed by atoms with E-state index in [1.807, 2.05) is 24.3 Å². The van der Waals surface area contributed by atoms with Gasteiger partial charge < -0.3 is 9.72 Å². The van der Waals surface area contributed by atoms with E-state index in [0.29, 0.717) is 5.69 Å². The number of aromatic nitrogens is 1. The molecule has 0 saturated heterocycles. The van der Waals surface area contributed by atoms with Gasteiger partial charge in [0.2, 0.25) is 0 Å². The second-order valence-electron chi connectivity index (χ2n) is 3.55. The molecule has 1 aromatic carbocycles. The summed E-state index contributed by atoms with van der Waals surface area (Å²) in [5, 5.41) is 1.10. The molecular weight excluding hydrogens is 222 g/mol. The number of hydrogen-bond acceptors (Lipinski definition) is 3. The van der Waals surface area contributed by atoms with Gasteiger partial charge >= 0.3 is 0 Å². The van der Waals surface area contributed by atoms with Crippen LogP contribution < -0.4 is 4.74 Å². The lowest BCUT2D eigenvalue weighted by Gasteiger charge is -1.98. The Labute approximate surface area is 95.6 Å². The first kappa shape index (κ1) is 9.42. The number of benzene rings is 1. The fourth-order valence-corrected chi connectivity index (χ4v) is 2.93. The number of aromatic amines is 1. The van der Waals surface area contributed by atoms with Crippen molar-refractivity contribution in [1.29, 1.82) is 0 Å². The summed E-state index contributed by atoms with van der Waals surface area (Å²) in [5.41, 5.74) is 1.63. The van der Waals surface area contributed by atoms with E-state index in [0.717, 1.165) is 27.6 Å². The molecule has 2 aromatic heterocycles. The number of hydrogen-bond donors (Lipinski definition) is 1. The molecule has 1 N–H and O–H groups in total. The van der Waals surface area contributed by atoms with Gasteiger partial charge in [-0.15, -0.1) is 11.3 Å². The van der Waals surface area contributed by atoms with E-state index in [1.165, 1.54) is 4.70 Å². The molecule has 0 aliphatic heterocycles. The summed E-state index contributed by atoms with van der Waals surface area (Å²) in [6.07, 6.45) is 0.832. The lowest BCUT2D eigenvalue weighted by Crippen LogP contribution is -1.81. The topological polar surface area (TPSA) is 42.1 Å². The molecule has 4 heteroatoms. The maximum atomic E-state index is 10.7.